The van der Waals surface area contributed by atoms with E-state index in [1.54, 1.807) is 17.7 Å². The van der Waals surface area contributed by atoms with Crippen LogP contribution in [0.4, 0.5) is 16.6 Å². The predicted octanol–water partition coefficient (Wildman–Crippen LogP) is 2.07. The lowest BCUT2D eigenvalue weighted by molar-refractivity contribution is 0.777. The number of nitrogens with zero attached hydrogens (tertiary/aromatic N) is 3. The van der Waals surface area contributed by atoms with E-state index in [0.717, 1.165) is 16.6 Å². The van der Waals surface area contributed by atoms with Gasteiger partial charge in [-0.25, -0.2) is 9.97 Å². The van der Waals surface area contributed by atoms with Gasteiger partial charge in [0.15, 0.2) is 0 Å². The summed E-state index contributed by atoms with van der Waals surface area (Å²) in [7, 11) is 1.99. The first-order chi connectivity index (χ1) is 8.66. The third-order valence-electron chi connectivity index (χ3n) is 2.44. The lowest BCUT2D eigenvalue weighted by atomic mass is 10.3. The average molecular weight is 263 g/mol. The summed E-state index contributed by atoms with van der Waals surface area (Å²) in [6, 6.07) is 6.09. The lowest BCUT2D eigenvalue weighted by Crippen LogP contribution is -2.25. The Labute approximate surface area is 111 Å². The molecule has 0 radical (unpaired) electrons. The van der Waals surface area contributed by atoms with Gasteiger partial charge in [-0.1, -0.05) is 0 Å². The minimum absolute atomic E-state index is 0.0958. The van der Waals surface area contributed by atoms with E-state index in [9.17, 15) is 0 Å². The van der Waals surface area contributed by atoms with Gasteiger partial charge in [0.25, 0.3) is 0 Å². The molecular weight excluding hydrogens is 246 g/mol. The fraction of sp³-hybridized carbons (Fsp3) is 0.333. The minimum atomic E-state index is 0.0958. The highest BCUT2D eigenvalue weighted by atomic mass is 32.1. The van der Waals surface area contributed by atoms with E-state index in [4.69, 9.17) is 5.73 Å². The lowest BCUT2D eigenvalue weighted by Gasteiger charge is -2.16. The molecule has 0 saturated carbocycles. The maximum atomic E-state index is 5.70. The molecule has 1 atom stereocenters. The van der Waals surface area contributed by atoms with Crippen molar-refractivity contribution in [3.63, 3.8) is 0 Å². The molecule has 2 rings (SSSR count). The van der Waals surface area contributed by atoms with Crippen LogP contribution in [0.2, 0.25) is 0 Å². The van der Waals surface area contributed by atoms with E-state index in [-0.39, 0.29) is 6.04 Å². The Balaban J connectivity index is 2.11. The normalized spacial score (nSPS) is 12.2. The van der Waals surface area contributed by atoms with Crippen LogP contribution in [0.25, 0.3) is 0 Å². The van der Waals surface area contributed by atoms with Crippen LogP contribution in [0.15, 0.2) is 29.9 Å². The van der Waals surface area contributed by atoms with Crippen LogP contribution in [0.1, 0.15) is 6.92 Å². The number of anilines is 3. The van der Waals surface area contributed by atoms with Crippen molar-refractivity contribution in [1.82, 2.24) is 9.97 Å². The monoisotopic (exact) mass is 263 g/mol. The van der Waals surface area contributed by atoms with E-state index >= 15 is 0 Å². The Morgan fingerprint density at radius 1 is 1.50 bits per heavy atom. The summed E-state index contributed by atoms with van der Waals surface area (Å²) in [6.07, 6.45) is 1.56. The molecule has 0 amide bonds. The summed E-state index contributed by atoms with van der Waals surface area (Å²) in [5.74, 6) is 1.65. The Hall–Kier alpha value is -1.66. The van der Waals surface area contributed by atoms with Crippen molar-refractivity contribution in [2.75, 3.05) is 23.8 Å². The zero-order valence-corrected chi connectivity index (χ0v) is 11.3. The third-order valence-corrected chi connectivity index (χ3v) is 3.38. The van der Waals surface area contributed by atoms with E-state index in [0.29, 0.717) is 6.54 Å². The van der Waals surface area contributed by atoms with Crippen molar-refractivity contribution in [2.24, 2.45) is 5.73 Å². The zero-order valence-electron chi connectivity index (χ0n) is 10.5. The molecule has 2 heterocycles. The molecule has 0 aliphatic heterocycles. The molecule has 0 fully saturated rings. The Bertz CT molecular complexity index is 483. The quantitative estimate of drug-likeness (QED) is 0.864. The number of hydrogen-bond donors (Lipinski definition) is 2. The minimum Gasteiger partial charge on any atom is -0.368 e. The molecule has 0 aliphatic rings. The summed E-state index contributed by atoms with van der Waals surface area (Å²) in [4.78, 5) is 10.5. The first kappa shape index (κ1) is 12.8. The van der Waals surface area contributed by atoms with Gasteiger partial charge in [-0.2, -0.15) is 0 Å². The molecule has 5 nitrogen and oxygen atoms in total. The van der Waals surface area contributed by atoms with Crippen LogP contribution < -0.4 is 16.0 Å². The van der Waals surface area contributed by atoms with E-state index in [1.165, 1.54) is 0 Å². The molecular formula is C12H17N5S. The summed E-state index contributed by atoms with van der Waals surface area (Å²) in [6.45, 7) is 2.64. The highest BCUT2D eigenvalue weighted by Gasteiger charge is 2.07. The van der Waals surface area contributed by atoms with Crippen LogP contribution in [-0.4, -0.2) is 29.6 Å². The first-order valence-corrected chi connectivity index (χ1v) is 6.63. The second kappa shape index (κ2) is 5.79. The van der Waals surface area contributed by atoms with E-state index < -0.39 is 0 Å². The fourth-order valence-corrected chi connectivity index (χ4v) is 2.17. The number of hydrogen-bond acceptors (Lipinski definition) is 6. The van der Waals surface area contributed by atoms with E-state index in [1.807, 2.05) is 36.4 Å². The second-order valence-corrected chi connectivity index (χ2v) is 5.06. The Morgan fingerprint density at radius 2 is 2.33 bits per heavy atom. The van der Waals surface area contributed by atoms with Crippen LogP contribution >= 0.6 is 11.3 Å². The van der Waals surface area contributed by atoms with Gasteiger partial charge in [0.1, 0.15) is 18.0 Å². The van der Waals surface area contributed by atoms with Crippen LogP contribution in [-0.2, 0) is 0 Å². The smallest absolute Gasteiger partial charge is 0.138 e. The summed E-state index contributed by atoms with van der Waals surface area (Å²) >= 11 is 1.68. The second-order valence-electron chi connectivity index (χ2n) is 4.13. The van der Waals surface area contributed by atoms with Gasteiger partial charge in [0, 0.05) is 25.7 Å². The van der Waals surface area contributed by atoms with Gasteiger partial charge in [-0.3, -0.25) is 0 Å². The molecule has 6 heteroatoms. The highest BCUT2D eigenvalue weighted by molar-refractivity contribution is 7.14. The van der Waals surface area contributed by atoms with Gasteiger partial charge in [0.05, 0.1) is 5.00 Å². The molecule has 0 bridgehead atoms. The molecule has 96 valence electrons. The van der Waals surface area contributed by atoms with Crippen LogP contribution in [0.5, 0.6) is 0 Å². The average Bonchev–Trinajstić information content (AvgIpc) is 2.89. The fourth-order valence-electron chi connectivity index (χ4n) is 1.47. The van der Waals surface area contributed by atoms with Crippen LogP contribution in [0, 0.1) is 0 Å². The summed E-state index contributed by atoms with van der Waals surface area (Å²) in [5, 5.41) is 6.37. The van der Waals surface area contributed by atoms with E-state index in [2.05, 4.69) is 21.4 Å². The molecule has 0 aliphatic carbocycles. The first-order valence-electron chi connectivity index (χ1n) is 5.75. The standard InChI is InChI=1S/C12H17N5S/c1-9(13)7-14-10-6-11(16-8-15-10)17(2)12-4-3-5-18-12/h3-6,8-9H,7,13H2,1-2H3,(H,14,15,16). The number of nitrogens with two attached hydrogens (primary N) is 1. The van der Waals surface area contributed by atoms with Gasteiger partial charge in [-0.15, -0.1) is 11.3 Å². The SMILES string of the molecule is CC(N)CNc1cc(N(C)c2cccs2)ncn1. The van der Waals surface area contributed by atoms with Crippen molar-refractivity contribution in [3.8, 4) is 0 Å². The van der Waals surface area contributed by atoms with Gasteiger partial charge < -0.3 is 16.0 Å². The summed E-state index contributed by atoms with van der Waals surface area (Å²) in [5.41, 5.74) is 5.70. The maximum Gasteiger partial charge on any atom is 0.138 e. The maximum absolute atomic E-state index is 5.70. The summed E-state index contributed by atoms with van der Waals surface area (Å²) < 4.78 is 0. The van der Waals surface area contributed by atoms with Gasteiger partial charge in [0.2, 0.25) is 0 Å². The van der Waals surface area contributed by atoms with Crippen molar-refractivity contribution in [1.29, 1.82) is 0 Å². The Morgan fingerprint density at radius 3 is 3.00 bits per heavy atom. The van der Waals surface area contributed by atoms with Crippen molar-refractivity contribution >= 4 is 28.0 Å². The van der Waals surface area contributed by atoms with Gasteiger partial charge in [-0.05, 0) is 24.4 Å². The highest BCUT2D eigenvalue weighted by Crippen LogP contribution is 2.26. The molecule has 0 aromatic carbocycles. The number of aromatic nitrogens is 2. The molecule has 0 spiro atoms. The molecule has 2 aromatic rings. The molecule has 1 unspecified atom stereocenters. The molecule has 2 aromatic heterocycles. The third kappa shape index (κ3) is 3.18. The van der Waals surface area contributed by atoms with Crippen molar-refractivity contribution in [3.05, 3.63) is 29.9 Å². The number of nitrogens with one attached hydrogen (secondary N) is 1. The topological polar surface area (TPSA) is 67.1 Å². The molecule has 18 heavy (non-hydrogen) atoms. The Kier molecular flexibility index (Phi) is 4.11. The van der Waals surface area contributed by atoms with Crippen molar-refractivity contribution < 1.29 is 0 Å². The number of thiophene rings is 1. The zero-order chi connectivity index (χ0) is 13.0. The molecule has 3 N–H and O–H groups in total. The van der Waals surface area contributed by atoms with Crippen LogP contribution in [0.3, 0.4) is 0 Å². The number of rotatable bonds is 5. The van der Waals surface area contributed by atoms with Gasteiger partial charge >= 0.3 is 0 Å². The largest absolute Gasteiger partial charge is 0.368 e. The predicted molar refractivity (Wildman–Crippen MR) is 76.6 cm³/mol. The van der Waals surface area contributed by atoms with Crippen molar-refractivity contribution in [2.45, 2.75) is 13.0 Å². The molecule has 0 saturated heterocycles.